The molecule has 3 heteroatoms. The fourth-order valence-electron chi connectivity index (χ4n) is 2.02. The molecule has 0 spiro atoms. The monoisotopic (exact) mass is 271 g/mol. The van der Waals surface area contributed by atoms with Crippen molar-refractivity contribution in [1.29, 1.82) is 0 Å². The molecule has 0 saturated heterocycles. The van der Waals surface area contributed by atoms with Crippen LogP contribution in [0.1, 0.15) is 44.9 Å². The van der Waals surface area contributed by atoms with Gasteiger partial charge in [-0.2, -0.15) is 0 Å². The van der Waals surface area contributed by atoms with Crippen molar-refractivity contribution < 1.29 is 4.42 Å². The van der Waals surface area contributed by atoms with Crippen LogP contribution in [0.3, 0.4) is 0 Å². The molecule has 0 amide bonds. The minimum atomic E-state index is 0.300. The molecule has 0 aromatic carbocycles. The van der Waals surface area contributed by atoms with E-state index in [0.29, 0.717) is 11.5 Å². The third kappa shape index (κ3) is 2.64. The van der Waals surface area contributed by atoms with Crippen LogP contribution in [-0.2, 0) is 0 Å². The average Bonchev–Trinajstić information content (AvgIpc) is 2.58. The van der Waals surface area contributed by atoms with Gasteiger partial charge in [-0.25, -0.2) is 0 Å². The second-order valence-corrected chi connectivity index (χ2v) is 5.69. The van der Waals surface area contributed by atoms with Gasteiger partial charge in [0.15, 0.2) is 4.67 Å². The lowest BCUT2D eigenvalue weighted by Crippen LogP contribution is -2.38. The highest BCUT2D eigenvalue weighted by atomic mass is 79.9. The van der Waals surface area contributed by atoms with Crippen LogP contribution in [0.5, 0.6) is 0 Å². The number of hydrogen-bond acceptors (Lipinski definition) is 2. The van der Waals surface area contributed by atoms with E-state index in [1.807, 2.05) is 12.1 Å². The molecular weight excluding hydrogens is 254 g/mol. The van der Waals surface area contributed by atoms with E-state index >= 15 is 0 Å². The number of hydrogen-bond donors (Lipinski definition) is 1. The molecule has 1 unspecified atom stereocenters. The van der Waals surface area contributed by atoms with Crippen LogP contribution in [0.25, 0.3) is 0 Å². The molecule has 15 heavy (non-hydrogen) atoms. The molecule has 1 atom stereocenters. The van der Waals surface area contributed by atoms with Crippen LogP contribution in [0.4, 0.5) is 0 Å². The van der Waals surface area contributed by atoms with Crippen molar-refractivity contribution in [1.82, 2.24) is 5.32 Å². The number of halogens is 1. The summed E-state index contributed by atoms with van der Waals surface area (Å²) in [7, 11) is 0. The minimum Gasteiger partial charge on any atom is -0.453 e. The van der Waals surface area contributed by atoms with Crippen molar-refractivity contribution in [3.05, 3.63) is 22.6 Å². The molecule has 0 radical (unpaired) electrons. The average molecular weight is 272 g/mol. The maximum Gasteiger partial charge on any atom is 0.169 e. The molecule has 0 aliphatic heterocycles. The Morgan fingerprint density at radius 3 is 2.73 bits per heavy atom. The molecule has 1 aromatic heterocycles. The van der Waals surface area contributed by atoms with Crippen LogP contribution in [0, 0.1) is 5.41 Å². The molecule has 1 aromatic rings. The Labute approximate surface area is 99.6 Å². The molecule has 1 saturated carbocycles. The van der Waals surface area contributed by atoms with Crippen LogP contribution < -0.4 is 5.32 Å². The predicted molar refractivity (Wildman–Crippen MR) is 64.8 cm³/mol. The fraction of sp³-hybridized carbons (Fsp3) is 0.667. The predicted octanol–water partition coefficient (Wildman–Crippen LogP) is 3.88. The van der Waals surface area contributed by atoms with Gasteiger partial charge >= 0.3 is 0 Å². The topological polar surface area (TPSA) is 25.2 Å². The highest BCUT2D eigenvalue weighted by molar-refractivity contribution is 9.10. The van der Waals surface area contributed by atoms with E-state index in [-0.39, 0.29) is 0 Å². The highest BCUT2D eigenvalue weighted by Crippen LogP contribution is 2.39. The summed E-state index contributed by atoms with van der Waals surface area (Å²) < 4.78 is 6.32. The lowest BCUT2D eigenvalue weighted by Gasteiger charge is -2.39. The summed E-state index contributed by atoms with van der Waals surface area (Å²) in [6.07, 6.45) is 4.10. The molecule has 84 valence electrons. The Kier molecular flexibility index (Phi) is 3.21. The van der Waals surface area contributed by atoms with Crippen LogP contribution in [0.15, 0.2) is 21.2 Å². The van der Waals surface area contributed by atoms with Gasteiger partial charge in [0, 0.05) is 6.54 Å². The van der Waals surface area contributed by atoms with Crippen LogP contribution in [-0.4, -0.2) is 6.54 Å². The van der Waals surface area contributed by atoms with E-state index in [4.69, 9.17) is 4.42 Å². The lowest BCUT2D eigenvalue weighted by atomic mass is 9.70. The number of nitrogens with one attached hydrogen (secondary N) is 1. The van der Waals surface area contributed by atoms with Crippen molar-refractivity contribution in [3.8, 4) is 0 Å². The van der Waals surface area contributed by atoms with Gasteiger partial charge in [-0.15, -0.1) is 0 Å². The first-order chi connectivity index (χ1) is 7.09. The van der Waals surface area contributed by atoms with Gasteiger partial charge in [0.1, 0.15) is 5.76 Å². The van der Waals surface area contributed by atoms with Gasteiger partial charge in [0.2, 0.25) is 0 Å². The van der Waals surface area contributed by atoms with E-state index in [1.165, 1.54) is 19.3 Å². The number of furan rings is 1. The van der Waals surface area contributed by atoms with Crippen molar-refractivity contribution in [2.24, 2.45) is 5.41 Å². The van der Waals surface area contributed by atoms with Crippen molar-refractivity contribution in [2.45, 2.75) is 39.2 Å². The molecular formula is C12H18BrNO. The standard InChI is InChI=1S/C12H18BrNO/c1-9(10-4-5-11(13)15-10)14-8-12(2)6-3-7-12/h4-5,9,14H,3,6-8H2,1-2H3. The van der Waals surface area contributed by atoms with Gasteiger partial charge < -0.3 is 9.73 Å². The SMILES string of the molecule is CC(NCC1(C)CCC1)c1ccc(Br)o1. The molecule has 1 fully saturated rings. The highest BCUT2D eigenvalue weighted by Gasteiger charge is 2.31. The Bertz CT molecular complexity index is 330. The van der Waals surface area contributed by atoms with Crippen molar-refractivity contribution >= 4 is 15.9 Å². The zero-order chi connectivity index (χ0) is 10.9. The molecule has 2 nitrogen and oxygen atoms in total. The molecule has 2 rings (SSSR count). The molecule has 1 N–H and O–H groups in total. The first kappa shape index (κ1) is 11.2. The summed E-state index contributed by atoms with van der Waals surface area (Å²) in [5, 5.41) is 3.54. The quantitative estimate of drug-likeness (QED) is 0.899. The minimum absolute atomic E-state index is 0.300. The first-order valence-electron chi connectivity index (χ1n) is 5.58. The van der Waals surface area contributed by atoms with E-state index in [1.54, 1.807) is 0 Å². The lowest BCUT2D eigenvalue weighted by molar-refractivity contribution is 0.150. The van der Waals surface area contributed by atoms with Crippen molar-refractivity contribution in [2.75, 3.05) is 6.54 Å². The van der Waals surface area contributed by atoms with Gasteiger partial charge in [-0.1, -0.05) is 13.3 Å². The summed E-state index contributed by atoms with van der Waals surface area (Å²) in [5.74, 6) is 1.00. The van der Waals surface area contributed by atoms with Gasteiger partial charge in [-0.3, -0.25) is 0 Å². The Hall–Kier alpha value is -0.280. The summed E-state index contributed by atoms with van der Waals surface area (Å²) in [4.78, 5) is 0. The normalized spacial score (nSPS) is 21.0. The Balaban J connectivity index is 1.84. The van der Waals surface area contributed by atoms with Crippen LogP contribution in [0.2, 0.25) is 0 Å². The van der Waals surface area contributed by atoms with E-state index in [9.17, 15) is 0 Å². The largest absolute Gasteiger partial charge is 0.453 e. The van der Waals surface area contributed by atoms with E-state index < -0.39 is 0 Å². The Morgan fingerprint density at radius 1 is 1.53 bits per heavy atom. The summed E-state index contributed by atoms with van der Waals surface area (Å²) >= 11 is 3.32. The molecule has 1 aliphatic carbocycles. The third-order valence-electron chi connectivity index (χ3n) is 3.42. The van der Waals surface area contributed by atoms with Gasteiger partial charge in [-0.05, 0) is 53.2 Å². The van der Waals surface area contributed by atoms with Crippen molar-refractivity contribution in [3.63, 3.8) is 0 Å². The zero-order valence-electron chi connectivity index (χ0n) is 9.35. The van der Waals surface area contributed by atoms with E-state index in [2.05, 4.69) is 35.1 Å². The van der Waals surface area contributed by atoms with Crippen LogP contribution >= 0.6 is 15.9 Å². The molecule has 0 bridgehead atoms. The fourth-order valence-corrected chi connectivity index (χ4v) is 2.34. The number of rotatable bonds is 4. The second-order valence-electron chi connectivity index (χ2n) is 4.91. The third-order valence-corrected chi connectivity index (χ3v) is 3.84. The summed E-state index contributed by atoms with van der Waals surface area (Å²) in [5.41, 5.74) is 0.526. The summed E-state index contributed by atoms with van der Waals surface area (Å²) in [6.45, 7) is 5.59. The molecule has 1 heterocycles. The first-order valence-corrected chi connectivity index (χ1v) is 6.37. The zero-order valence-corrected chi connectivity index (χ0v) is 10.9. The summed E-state index contributed by atoms with van der Waals surface area (Å²) in [6, 6.07) is 4.26. The van der Waals surface area contributed by atoms with E-state index in [0.717, 1.165) is 17.0 Å². The molecule has 1 aliphatic rings. The van der Waals surface area contributed by atoms with Gasteiger partial charge in [0.25, 0.3) is 0 Å². The second kappa shape index (κ2) is 4.30. The smallest absolute Gasteiger partial charge is 0.169 e. The maximum absolute atomic E-state index is 5.52. The maximum atomic E-state index is 5.52. The van der Waals surface area contributed by atoms with Gasteiger partial charge in [0.05, 0.1) is 6.04 Å². The Morgan fingerprint density at radius 2 is 2.27 bits per heavy atom.